The van der Waals surface area contributed by atoms with E-state index >= 15 is 0 Å². The van der Waals surface area contributed by atoms with Crippen molar-refractivity contribution in [2.24, 2.45) is 33.9 Å². The van der Waals surface area contributed by atoms with Crippen LogP contribution in [0.15, 0.2) is 58.8 Å². The van der Waals surface area contributed by atoms with E-state index in [1.54, 1.807) is 22.3 Å². The van der Waals surface area contributed by atoms with Gasteiger partial charge in [0.05, 0.1) is 12.1 Å². The van der Waals surface area contributed by atoms with Crippen LogP contribution >= 0.6 is 0 Å². The first-order valence-electron chi connectivity index (χ1n) is 11.0. The molecule has 2 heteroatoms. The maximum atomic E-state index is 5.03. The Morgan fingerprint density at radius 1 is 0.519 bits per heavy atom. The first-order valence-corrected chi connectivity index (χ1v) is 11.0. The molecule has 2 aliphatic heterocycles. The lowest BCUT2D eigenvalue weighted by Gasteiger charge is -2.62. The van der Waals surface area contributed by atoms with E-state index in [-0.39, 0.29) is 0 Å². The molecule has 27 heavy (non-hydrogen) atoms. The molecule has 2 heterocycles. The molecule has 0 saturated heterocycles. The molecule has 0 amide bonds. The van der Waals surface area contributed by atoms with Crippen LogP contribution in [0.3, 0.4) is 0 Å². The summed E-state index contributed by atoms with van der Waals surface area (Å²) in [6.07, 6.45) is 4.13. The number of nitrogens with zero attached hydrogens (tertiary/aromatic N) is 2. The Hall–Kier alpha value is -1.96. The Morgan fingerprint density at radius 2 is 0.889 bits per heavy atom. The summed E-state index contributed by atoms with van der Waals surface area (Å²) in [6, 6.07) is 19.7. The summed E-state index contributed by atoms with van der Waals surface area (Å²) in [5.74, 6) is 6.01. The fourth-order valence-electron chi connectivity index (χ4n) is 9.01. The third kappa shape index (κ3) is 1.44. The summed E-state index contributed by atoms with van der Waals surface area (Å²) in [4.78, 5) is 0. The Kier molecular flexibility index (Phi) is 2.37. The summed E-state index contributed by atoms with van der Waals surface area (Å²) < 4.78 is 0. The second-order valence-electron chi connectivity index (χ2n) is 10.0. The molecule has 2 aromatic rings. The number of hydrogen-bond donors (Lipinski definition) is 0. The molecule has 2 nitrogen and oxygen atoms in total. The molecule has 3 fully saturated rings. The average molecular weight is 352 g/mol. The molecular weight excluding hydrogens is 328 g/mol. The zero-order chi connectivity index (χ0) is 17.3. The van der Waals surface area contributed by atoms with Crippen molar-refractivity contribution in [1.29, 1.82) is 0 Å². The molecule has 0 unspecified atom stereocenters. The number of azo groups is 1. The molecule has 6 bridgehead atoms. The highest BCUT2D eigenvalue weighted by atomic mass is 15.2. The monoisotopic (exact) mass is 352 g/mol. The van der Waals surface area contributed by atoms with Gasteiger partial charge in [0.15, 0.2) is 0 Å². The van der Waals surface area contributed by atoms with E-state index in [2.05, 4.69) is 48.5 Å². The van der Waals surface area contributed by atoms with E-state index < -0.39 is 0 Å². The third-order valence-electron chi connectivity index (χ3n) is 9.54. The summed E-state index contributed by atoms with van der Waals surface area (Å²) >= 11 is 0. The summed E-state index contributed by atoms with van der Waals surface area (Å²) in [5.41, 5.74) is 6.64. The zero-order valence-corrected chi connectivity index (χ0v) is 15.4. The van der Waals surface area contributed by atoms with Crippen LogP contribution in [-0.4, -0.2) is 12.1 Å². The lowest BCUT2D eigenvalue weighted by Crippen LogP contribution is -2.61. The SMILES string of the molecule is c1ccc2c(c1)[C@H]1C[C@@H]2[C@H]2[C@H]3N=N[C@@H]([C@H]21)[C@H]1[C@@H]3[C@H]2CC[C@@H]1c1ccccc12. The minimum absolute atomic E-state index is 0.481. The van der Waals surface area contributed by atoms with E-state index in [9.17, 15) is 0 Å². The van der Waals surface area contributed by atoms with Crippen LogP contribution in [0.4, 0.5) is 0 Å². The molecule has 3 saturated carbocycles. The van der Waals surface area contributed by atoms with Gasteiger partial charge >= 0.3 is 0 Å². The van der Waals surface area contributed by atoms with Gasteiger partial charge in [-0.25, -0.2) is 0 Å². The predicted molar refractivity (Wildman–Crippen MR) is 104 cm³/mol. The van der Waals surface area contributed by atoms with E-state index in [0.29, 0.717) is 12.1 Å². The van der Waals surface area contributed by atoms with E-state index in [1.165, 1.54) is 19.3 Å². The average Bonchev–Trinajstić information content (AvgIpc) is 3.34. The summed E-state index contributed by atoms with van der Waals surface area (Å²) in [7, 11) is 0. The van der Waals surface area contributed by atoms with E-state index in [4.69, 9.17) is 10.2 Å². The van der Waals surface area contributed by atoms with Crippen LogP contribution in [-0.2, 0) is 0 Å². The van der Waals surface area contributed by atoms with Crippen LogP contribution in [0, 0.1) is 23.7 Å². The van der Waals surface area contributed by atoms with Crippen LogP contribution in [0.25, 0.3) is 0 Å². The number of fused-ring (bicyclic) bond motifs is 6. The molecule has 10 atom stereocenters. The fraction of sp³-hybridized carbons (Fsp3) is 0.520. The third-order valence-corrected chi connectivity index (χ3v) is 9.54. The normalized spacial score (nSPS) is 48.9. The van der Waals surface area contributed by atoms with Gasteiger partial charge in [0, 0.05) is 0 Å². The molecule has 0 radical (unpaired) electrons. The Labute approximate surface area is 160 Å². The van der Waals surface area contributed by atoms with Gasteiger partial charge in [-0.15, -0.1) is 0 Å². The maximum absolute atomic E-state index is 5.03. The highest BCUT2D eigenvalue weighted by molar-refractivity contribution is 5.48. The minimum atomic E-state index is 0.481. The van der Waals surface area contributed by atoms with Gasteiger partial charge < -0.3 is 0 Å². The van der Waals surface area contributed by atoms with Crippen LogP contribution in [0.2, 0.25) is 0 Å². The molecule has 2 aromatic carbocycles. The van der Waals surface area contributed by atoms with Crippen molar-refractivity contribution in [2.45, 2.75) is 55.0 Å². The van der Waals surface area contributed by atoms with Crippen LogP contribution in [0.5, 0.6) is 0 Å². The van der Waals surface area contributed by atoms with Gasteiger partial charge in [-0.05, 0) is 88.9 Å². The lowest BCUT2D eigenvalue weighted by atomic mass is 9.45. The number of hydrogen-bond acceptors (Lipinski definition) is 2. The molecule has 0 aromatic heterocycles. The van der Waals surface area contributed by atoms with Crippen molar-refractivity contribution in [1.82, 2.24) is 0 Å². The van der Waals surface area contributed by atoms with E-state index in [1.807, 2.05) is 0 Å². The smallest absolute Gasteiger partial charge is 0.0783 e. The number of benzene rings is 2. The molecule has 0 N–H and O–H groups in total. The standard InChI is InChI=1S/C25H24N2/c1-2-6-13-12(5-1)16-9-10-17(13)21-20(16)24-22-18-11-19(23(22)25(21)27-26-24)15-8-4-3-7-14(15)18/h1-8,16-25H,9-11H2/t16-,17+,18-,19+,20-,21+,22+,23-,24-,25+. The Bertz CT molecular complexity index is 931. The second-order valence-corrected chi connectivity index (χ2v) is 10.0. The van der Waals surface area contributed by atoms with Gasteiger partial charge in [-0.2, -0.15) is 10.2 Å². The summed E-state index contributed by atoms with van der Waals surface area (Å²) in [6.45, 7) is 0. The van der Waals surface area contributed by atoms with Gasteiger partial charge in [0.1, 0.15) is 0 Å². The quantitative estimate of drug-likeness (QED) is 0.587. The van der Waals surface area contributed by atoms with Gasteiger partial charge in [-0.1, -0.05) is 48.5 Å². The zero-order valence-electron chi connectivity index (χ0n) is 15.4. The van der Waals surface area contributed by atoms with Crippen LogP contribution < -0.4 is 0 Å². The van der Waals surface area contributed by atoms with Crippen molar-refractivity contribution >= 4 is 0 Å². The first kappa shape index (κ1) is 14.1. The Balaban J connectivity index is 1.32. The highest BCUT2D eigenvalue weighted by Gasteiger charge is 2.68. The number of rotatable bonds is 0. The summed E-state index contributed by atoms with van der Waals surface area (Å²) in [5, 5.41) is 10.1. The first-order chi connectivity index (χ1) is 13.4. The Morgan fingerprint density at radius 3 is 1.33 bits per heavy atom. The largest absolute Gasteiger partial charge is 0.190 e. The van der Waals surface area contributed by atoms with Crippen molar-refractivity contribution in [3.63, 3.8) is 0 Å². The van der Waals surface area contributed by atoms with E-state index in [0.717, 1.165) is 47.3 Å². The fourth-order valence-corrected chi connectivity index (χ4v) is 9.01. The van der Waals surface area contributed by atoms with Crippen molar-refractivity contribution in [2.75, 3.05) is 0 Å². The predicted octanol–water partition coefficient (Wildman–Crippen LogP) is 5.63. The van der Waals surface area contributed by atoms with Gasteiger partial charge in [0.2, 0.25) is 0 Å². The van der Waals surface area contributed by atoms with Crippen molar-refractivity contribution in [3.05, 3.63) is 70.8 Å². The molecular formula is C25H24N2. The molecule has 134 valence electrons. The maximum Gasteiger partial charge on any atom is 0.0783 e. The molecule has 8 aliphatic rings. The lowest BCUT2D eigenvalue weighted by molar-refractivity contribution is -0.0314. The minimum Gasteiger partial charge on any atom is -0.190 e. The topological polar surface area (TPSA) is 24.7 Å². The van der Waals surface area contributed by atoms with Gasteiger partial charge in [-0.3, -0.25) is 0 Å². The molecule has 0 spiro atoms. The van der Waals surface area contributed by atoms with Crippen molar-refractivity contribution in [3.8, 4) is 0 Å². The highest BCUT2D eigenvalue weighted by Crippen LogP contribution is 2.72. The molecule has 6 aliphatic carbocycles. The van der Waals surface area contributed by atoms with Crippen molar-refractivity contribution < 1.29 is 0 Å². The second kappa shape index (κ2) is 4.54. The van der Waals surface area contributed by atoms with Crippen LogP contribution in [0.1, 0.15) is 65.2 Å². The molecule has 10 rings (SSSR count). The van der Waals surface area contributed by atoms with Gasteiger partial charge in [0.25, 0.3) is 0 Å².